The molecule has 1 fully saturated rings. The van der Waals surface area contributed by atoms with E-state index in [2.05, 4.69) is 32.0 Å². The number of aromatic amines is 1. The Morgan fingerprint density at radius 2 is 2.04 bits per heavy atom. The molecule has 1 aliphatic rings. The number of anilines is 1. The highest BCUT2D eigenvalue weighted by molar-refractivity contribution is 6.34. The monoisotopic (exact) mass is 401 g/mol. The van der Waals surface area contributed by atoms with Crippen LogP contribution in [0, 0.1) is 0 Å². The molecule has 0 unspecified atom stereocenters. The van der Waals surface area contributed by atoms with Crippen molar-refractivity contribution in [3.05, 3.63) is 28.7 Å². The first kappa shape index (κ1) is 19.0. The number of halogens is 1. The molecule has 28 heavy (non-hydrogen) atoms. The first-order valence-electron chi connectivity index (χ1n) is 9.47. The van der Waals surface area contributed by atoms with E-state index >= 15 is 0 Å². The van der Waals surface area contributed by atoms with Crippen molar-refractivity contribution in [2.24, 2.45) is 5.73 Å². The van der Waals surface area contributed by atoms with E-state index in [9.17, 15) is 5.11 Å². The van der Waals surface area contributed by atoms with Crippen molar-refractivity contribution in [3.63, 3.8) is 0 Å². The van der Waals surface area contributed by atoms with E-state index in [-0.39, 0.29) is 12.1 Å². The number of hydrogen-bond donors (Lipinski definition) is 3. The fourth-order valence-corrected chi connectivity index (χ4v) is 3.90. The maximum Gasteiger partial charge on any atom is 0.202 e. The number of aliphatic hydroxyl groups excluding tert-OH is 1. The summed E-state index contributed by atoms with van der Waals surface area (Å²) in [4.78, 5) is 15.8. The number of aryl methyl sites for hydroxylation is 1. The molecule has 1 aliphatic heterocycles. The molecule has 1 saturated heterocycles. The molecular formula is C19H24ClN7O. The lowest BCUT2D eigenvalue weighted by molar-refractivity contribution is 0.276. The minimum Gasteiger partial charge on any atom is -0.390 e. The van der Waals surface area contributed by atoms with Gasteiger partial charge in [-0.15, -0.1) is 0 Å². The molecule has 0 saturated carbocycles. The van der Waals surface area contributed by atoms with Crippen LogP contribution in [0.25, 0.3) is 22.4 Å². The molecule has 0 radical (unpaired) electrons. The molecule has 9 heteroatoms. The zero-order chi connectivity index (χ0) is 19.9. The third-order valence-corrected chi connectivity index (χ3v) is 5.78. The number of nitrogens with one attached hydrogen (secondary N) is 1. The van der Waals surface area contributed by atoms with Crippen LogP contribution in [-0.2, 0) is 13.0 Å². The summed E-state index contributed by atoms with van der Waals surface area (Å²) in [6, 6.07) is 1.83. The van der Waals surface area contributed by atoms with Crippen molar-refractivity contribution in [2.75, 3.05) is 18.0 Å². The number of nitrogens with zero attached hydrogens (tertiary/aromatic N) is 5. The number of fused-ring (bicyclic) bond motifs is 1. The van der Waals surface area contributed by atoms with Gasteiger partial charge in [-0.25, -0.2) is 9.97 Å². The maximum absolute atomic E-state index is 9.93. The predicted octanol–water partition coefficient (Wildman–Crippen LogP) is 2.44. The SMILES string of the molecule is CCc1nccc(-c2[nH]nc3nc(N4CCC(C)(N)CC4)c(CO)nc23)c1Cl. The van der Waals surface area contributed by atoms with Gasteiger partial charge in [0.2, 0.25) is 5.65 Å². The van der Waals surface area contributed by atoms with Crippen molar-refractivity contribution < 1.29 is 5.11 Å². The standard InChI is InChI=1S/C19H24ClN7O/c1-3-12-14(20)11(4-7-22-12)15-16-17(26-25-15)24-18(13(10-28)23-16)27-8-5-19(2,21)6-9-27/h4,7,28H,3,5-6,8-10,21H2,1-2H3,(H,24,25,26). The summed E-state index contributed by atoms with van der Waals surface area (Å²) in [6.45, 7) is 5.41. The fraction of sp³-hybridized carbons (Fsp3) is 0.474. The first-order chi connectivity index (χ1) is 13.4. The van der Waals surface area contributed by atoms with Crippen molar-refractivity contribution in [1.29, 1.82) is 0 Å². The second-order valence-electron chi connectivity index (χ2n) is 7.54. The van der Waals surface area contributed by atoms with Crippen molar-refractivity contribution >= 4 is 28.6 Å². The quantitative estimate of drug-likeness (QED) is 0.614. The molecule has 0 spiro atoms. The Morgan fingerprint density at radius 1 is 1.29 bits per heavy atom. The normalized spacial score (nSPS) is 16.7. The molecular weight excluding hydrogens is 378 g/mol. The fourth-order valence-electron chi connectivity index (χ4n) is 3.56. The number of aliphatic hydroxyl groups is 1. The van der Waals surface area contributed by atoms with E-state index < -0.39 is 0 Å². The first-order valence-corrected chi connectivity index (χ1v) is 9.84. The lowest BCUT2D eigenvalue weighted by Gasteiger charge is -2.37. The Hall–Kier alpha value is -2.29. The number of piperidine rings is 1. The average Bonchev–Trinajstić information content (AvgIpc) is 3.10. The smallest absolute Gasteiger partial charge is 0.202 e. The number of H-pyrrole nitrogens is 1. The molecule has 4 rings (SSSR count). The van der Waals surface area contributed by atoms with Crippen LogP contribution in [0.2, 0.25) is 5.02 Å². The van der Waals surface area contributed by atoms with Crippen molar-refractivity contribution in [3.8, 4) is 11.3 Å². The molecule has 4 N–H and O–H groups in total. The topological polar surface area (TPSA) is 117 Å². The Morgan fingerprint density at radius 3 is 2.71 bits per heavy atom. The average molecular weight is 402 g/mol. The molecule has 0 aliphatic carbocycles. The molecule has 0 bridgehead atoms. The van der Waals surface area contributed by atoms with Gasteiger partial charge in [0.15, 0.2) is 5.82 Å². The molecule has 0 aromatic carbocycles. The van der Waals surface area contributed by atoms with Crippen LogP contribution >= 0.6 is 11.6 Å². The summed E-state index contributed by atoms with van der Waals surface area (Å²) in [7, 11) is 0. The van der Waals surface area contributed by atoms with E-state index in [4.69, 9.17) is 22.3 Å². The largest absolute Gasteiger partial charge is 0.390 e. The van der Waals surface area contributed by atoms with Gasteiger partial charge in [0.05, 0.1) is 23.0 Å². The van der Waals surface area contributed by atoms with Crippen LogP contribution < -0.4 is 10.6 Å². The van der Waals surface area contributed by atoms with E-state index in [1.54, 1.807) is 6.20 Å². The van der Waals surface area contributed by atoms with Gasteiger partial charge >= 0.3 is 0 Å². The van der Waals surface area contributed by atoms with Crippen molar-refractivity contribution in [2.45, 2.75) is 45.3 Å². The molecule has 0 amide bonds. The van der Waals surface area contributed by atoms with Crippen molar-refractivity contribution in [1.82, 2.24) is 25.1 Å². The van der Waals surface area contributed by atoms with Gasteiger partial charge in [-0.05, 0) is 32.3 Å². The van der Waals surface area contributed by atoms with Gasteiger partial charge in [-0.1, -0.05) is 18.5 Å². The molecule has 148 valence electrons. The summed E-state index contributed by atoms with van der Waals surface area (Å²) >= 11 is 6.53. The van der Waals surface area contributed by atoms with Gasteiger partial charge in [0.25, 0.3) is 0 Å². The molecule has 3 aromatic heterocycles. The number of rotatable bonds is 4. The number of pyridine rings is 1. The lowest BCUT2D eigenvalue weighted by Crippen LogP contribution is -2.48. The second kappa shape index (κ2) is 7.27. The number of hydrogen-bond acceptors (Lipinski definition) is 7. The minimum atomic E-state index is -0.205. The van der Waals surface area contributed by atoms with Crippen LogP contribution in [0.1, 0.15) is 38.1 Å². The zero-order valence-corrected chi connectivity index (χ0v) is 16.8. The third-order valence-electron chi connectivity index (χ3n) is 5.36. The Kier molecular flexibility index (Phi) is 4.95. The van der Waals surface area contributed by atoms with Crippen LogP contribution in [0.15, 0.2) is 12.3 Å². The highest BCUT2D eigenvalue weighted by atomic mass is 35.5. The minimum absolute atomic E-state index is 0.165. The number of nitrogens with two attached hydrogens (primary N) is 1. The van der Waals surface area contributed by atoms with Gasteiger partial charge in [-0.2, -0.15) is 5.10 Å². The highest BCUT2D eigenvalue weighted by Crippen LogP contribution is 2.34. The van der Waals surface area contributed by atoms with Crippen LogP contribution in [0.4, 0.5) is 5.82 Å². The van der Waals surface area contributed by atoms with Gasteiger partial charge < -0.3 is 15.7 Å². The van der Waals surface area contributed by atoms with Crippen LogP contribution in [-0.4, -0.2) is 48.9 Å². The summed E-state index contributed by atoms with van der Waals surface area (Å²) in [6.07, 6.45) is 4.16. The molecule has 3 aromatic rings. The molecule has 8 nitrogen and oxygen atoms in total. The lowest BCUT2D eigenvalue weighted by atomic mass is 9.91. The zero-order valence-electron chi connectivity index (χ0n) is 16.0. The Labute approximate surface area is 168 Å². The number of aromatic nitrogens is 5. The van der Waals surface area contributed by atoms with E-state index in [0.717, 1.165) is 43.6 Å². The van der Waals surface area contributed by atoms with Gasteiger partial charge in [-0.3, -0.25) is 10.1 Å². The maximum atomic E-state index is 9.93. The van der Waals surface area contributed by atoms with E-state index in [1.807, 2.05) is 13.0 Å². The Balaban J connectivity index is 1.78. The highest BCUT2D eigenvalue weighted by Gasteiger charge is 2.28. The predicted molar refractivity (Wildman–Crippen MR) is 109 cm³/mol. The second-order valence-corrected chi connectivity index (χ2v) is 7.91. The summed E-state index contributed by atoms with van der Waals surface area (Å²) < 4.78 is 0. The molecule has 4 heterocycles. The third kappa shape index (κ3) is 3.32. The van der Waals surface area contributed by atoms with E-state index in [1.165, 1.54) is 0 Å². The van der Waals surface area contributed by atoms with Crippen LogP contribution in [0.3, 0.4) is 0 Å². The van der Waals surface area contributed by atoms with Gasteiger partial charge in [0, 0.05) is 30.4 Å². The summed E-state index contributed by atoms with van der Waals surface area (Å²) in [5.41, 5.74) is 9.95. The summed E-state index contributed by atoms with van der Waals surface area (Å²) in [5.74, 6) is 0.665. The van der Waals surface area contributed by atoms with Gasteiger partial charge in [0.1, 0.15) is 11.2 Å². The Bertz CT molecular complexity index is 1010. The van der Waals surface area contributed by atoms with Crippen LogP contribution in [0.5, 0.6) is 0 Å². The van der Waals surface area contributed by atoms with E-state index in [0.29, 0.717) is 33.4 Å². The molecule has 0 atom stereocenters. The summed E-state index contributed by atoms with van der Waals surface area (Å²) in [5, 5.41) is 17.9.